The van der Waals surface area contributed by atoms with Gasteiger partial charge in [-0.05, 0) is 41.3 Å². The Morgan fingerprint density at radius 2 is 2.18 bits per heavy atom. The summed E-state index contributed by atoms with van der Waals surface area (Å²) in [6.45, 7) is 3.93. The molecule has 1 aliphatic rings. The molecule has 116 valence electrons. The SMILES string of the molecule is C[C@H]1CCCN(C(=O)CSc2nnnn2-c2ccccc2)C1. The van der Waals surface area contributed by atoms with Crippen LogP contribution in [-0.4, -0.2) is 49.9 Å². The van der Waals surface area contributed by atoms with Crippen LogP contribution in [0.4, 0.5) is 0 Å². The molecule has 3 rings (SSSR count). The molecular weight excluding hydrogens is 298 g/mol. The molecule has 0 radical (unpaired) electrons. The van der Waals surface area contributed by atoms with Crippen LogP contribution < -0.4 is 0 Å². The van der Waals surface area contributed by atoms with Crippen molar-refractivity contribution in [3.63, 3.8) is 0 Å². The second-order valence-electron chi connectivity index (χ2n) is 5.58. The molecule has 0 spiro atoms. The fraction of sp³-hybridized carbons (Fsp3) is 0.467. The van der Waals surface area contributed by atoms with E-state index in [0.29, 0.717) is 16.8 Å². The van der Waals surface area contributed by atoms with Crippen LogP contribution in [0.25, 0.3) is 5.69 Å². The van der Waals surface area contributed by atoms with E-state index in [4.69, 9.17) is 0 Å². The van der Waals surface area contributed by atoms with E-state index >= 15 is 0 Å². The molecule has 1 amide bonds. The summed E-state index contributed by atoms with van der Waals surface area (Å²) in [6.07, 6.45) is 2.31. The summed E-state index contributed by atoms with van der Waals surface area (Å²) in [5.41, 5.74) is 0.897. The third kappa shape index (κ3) is 3.47. The molecule has 0 saturated carbocycles. The molecule has 1 aromatic heterocycles. The summed E-state index contributed by atoms with van der Waals surface area (Å²) < 4.78 is 1.66. The van der Waals surface area contributed by atoms with E-state index < -0.39 is 0 Å². The van der Waals surface area contributed by atoms with Gasteiger partial charge in [0.1, 0.15) is 0 Å². The lowest BCUT2D eigenvalue weighted by atomic mass is 10.0. The first-order valence-electron chi connectivity index (χ1n) is 7.48. The molecule has 0 unspecified atom stereocenters. The highest BCUT2D eigenvalue weighted by Crippen LogP contribution is 2.20. The van der Waals surface area contributed by atoms with Crippen LogP contribution in [0.15, 0.2) is 35.5 Å². The Hall–Kier alpha value is -1.89. The highest BCUT2D eigenvalue weighted by Gasteiger charge is 2.21. The van der Waals surface area contributed by atoms with Crippen LogP contribution in [0.5, 0.6) is 0 Å². The molecule has 0 N–H and O–H groups in total. The van der Waals surface area contributed by atoms with Crippen molar-refractivity contribution in [2.24, 2.45) is 5.92 Å². The molecule has 1 atom stereocenters. The van der Waals surface area contributed by atoms with E-state index in [1.54, 1.807) is 4.68 Å². The summed E-state index contributed by atoms with van der Waals surface area (Å²) in [5.74, 6) is 1.14. The normalized spacial score (nSPS) is 18.4. The number of amides is 1. The molecule has 0 aliphatic carbocycles. The number of nitrogens with zero attached hydrogens (tertiary/aromatic N) is 5. The predicted molar refractivity (Wildman–Crippen MR) is 84.9 cm³/mol. The van der Waals surface area contributed by atoms with Crippen LogP contribution in [0.3, 0.4) is 0 Å². The van der Waals surface area contributed by atoms with Crippen molar-refractivity contribution in [3.8, 4) is 5.69 Å². The number of aromatic nitrogens is 4. The smallest absolute Gasteiger partial charge is 0.233 e. The average Bonchev–Trinajstić information content (AvgIpc) is 3.02. The lowest BCUT2D eigenvalue weighted by Crippen LogP contribution is -2.40. The first-order valence-corrected chi connectivity index (χ1v) is 8.47. The zero-order chi connectivity index (χ0) is 15.4. The Kier molecular flexibility index (Phi) is 4.72. The monoisotopic (exact) mass is 317 g/mol. The number of thioether (sulfide) groups is 1. The summed E-state index contributed by atoms with van der Waals surface area (Å²) in [5, 5.41) is 12.4. The topological polar surface area (TPSA) is 63.9 Å². The van der Waals surface area contributed by atoms with Crippen molar-refractivity contribution in [1.82, 2.24) is 25.1 Å². The van der Waals surface area contributed by atoms with Crippen LogP contribution in [0, 0.1) is 5.92 Å². The summed E-state index contributed by atoms with van der Waals surface area (Å²) >= 11 is 1.39. The minimum absolute atomic E-state index is 0.166. The first-order chi connectivity index (χ1) is 10.7. The third-order valence-corrected chi connectivity index (χ3v) is 4.68. The maximum Gasteiger partial charge on any atom is 0.233 e. The van der Waals surface area contributed by atoms with Crippen LogP contribution in [0.2, 0.25) is 0 Å². The Morgan fingerprint density at radius 3 is 2.95 bits per heavy atom. The van der Waals surface area contributed by atoms with Gasteiger partial charge in [0.05, 0.1) is 11.4 Å². The second kappa shape index (κ2) is 6.91. The first kappa shape index (κ1) is 15.0. The second-order valence-corrected chi connectivity index (χ2v) is 6.53. The number of para-hydroxylation sites is 1. The van der Waals surface area contributed by atoms with Gasteiger partial charge in [0, 0.05) is 13.1 Å². The summed E-state index contributed by atoms with van der Waals surface area (Å²) in [4.78, 5) is 14.3. The number of benzene rings is 1. The van der Waals surface area contributed by atoms with Crippen molar-refractivity contribution in [3.05, 3.63) is 30.3 Å². The number of rotatable bonds is 4. The number of hydrogen-bond acceptors (Lipinski definition) is 5. The van der Waals surface area contributed by atoms with Crippen molar-refractivity contribution in [2.45, 2.75) is 24.9 Å². The van der Waals surface area contributed by atoms with Crippen LogP contribution in [-0.2, 0) is 4.79 Å². The zero-order valence-corrected chi connectivity index (χ0v) is 13.4. The number of likely N-dealkylation sites (tertiary alicyclic amines) is 1. The Bertz CT molecular complexity index is 630. The quantitative estimate of drug-likeness (QED) is 0.807. The van der Waals surface area contributed by atoms with E-state index in [1.165, 1.54) is 18.2 Å². The van der Waals surface area contributed by atoms with Gasteiger partial charge in [-0.25, -0.2) is 0 Å². The summed E-state index contributed by atoms with van der Waals surface area (Å²) in [6, 6.07) is 9.70. The Labute approximate surface area is 133 Å². The van der Waals surface area contributed by atoms with Gasteiger partial charge in [0.2, 0.25) is 11.1 Å². The molecule has 2 heterocycles. The van der Waals surface area contributed by atoms with E-state index in [-0.39, 0.29) is 5.91 Å². The fourth-order valence-corrected chi connectivity index (χ4v) is 3.43. The molecule has 6 nitrogen and oxygen atoms in total. The molecule has 22 heavy (non-hydrogen) atoms. The van der Waals surface area contributed by atoms with Gasteiger partial charge >= 0.3 is 0 Å². The van der Waals surface area contributed by atoms with E-state index in [2.05, 4.69) is 22.4 Å². The maximum absolute atomic E-state index is 12.3. The number of carbonyl (C=O) groups is 1. The highest BCUT2D eigenvalue weighted by atomic mass is 32.2. The molecule has 1 aliphatic heterocycles. The molecule has 0 bridgehead atoms. The lowest BCUT2D eigenvalue weighted by molar-refractivity contribution is -0.130. The van der Waals surface area contributed by atoms with Gasteiger partial charge in [-0.15, -0.1) is 5.10 Å². The van der Waals surface area contributed by atoms with Crippen LogP contribution in [0.1, 0.15) is 19.8 Å². The average molecular weight is 317 g/mol. The molecule has 7 heteroatoms. The van der Waals surface area contributed by atoms with Gasteiger partial charge in [0.25, 0.3) is 0 Å². The van der Waals surface area contributed by atoms with E-state index in [1.807, 2.05) is 35.2 Å². The fourth-order valence-electron chi connectivity index (χ4n) is 2.63. The van der Waals surface area contributed by atoms with Gasteiger partial charge in [0.15, 0.2) is 0 Å². The molecule has 2 aromatic rings. The number of piperidine rings is 1. The molecular formula is C15H19N5OS. The Balaban J connectivity index is 1.63. The maximum atomic E-state index is 12.3. The lowest BCUT2D eigenvalue weighted by Gasteiger charge is -2.30. The number of hydrogen-bond donors (Lipinski definition) is 0. The van der Waals surface area contributed by atoms with Crippen molar-refractivity contribution < 1.29 is 4.79 Å². The standard InChI is InChI=1S/C15H19N5OS/c1-12-6-5-9-19(10-12)14(21)11-22-15-16-17-18-20(15)13-7-3-2-4-8-13/h2-4,7-8,12H,5-6,9-11H2,1H3/t12-/m0/s1. The van der Waals surface area contributed by atoms with E-state index in [9.17, 15) is 4.79 Å². The van der Waals surface area contributed by atoms with Gasteiger partial charge < -0.3 is 4.90 Å². The minimum atomic E-state index is 0.166. The highest BCUT2D eigenvalue weighted by molar-refractivity contribution is 7.99. The van der Waals surface area contributed by atoms with Crippen LogP contribution >= 0.6 is 11.8 Å². The number of carbonyl (C=O) groups excluding carboxylic acids is 1. The Morgan fingerprint density at radius 1 is 1.36 bits per heavy atom. The zero-order valence-electron chi connectivity index (χ0n) is 12.6. The predicted octanol–water partition coefficient (Wildman–Crippen LogP) is 2.01. The van der Waals surface area contributed by atoms with Crippen molar-refractivity contribution >= 4 is 17.7 Å². The molecule has 1 saturated heterocycles. The van der Waals surface area contributed by atoms with Gasteiger partial charge in [-0.3, -0.25) is 4.79 Å². The number of tetrazole rings is 1. The van der Waals surface area contributed by atoms with E-state index in [0.717, 1.165) is 25.2 Å². The molecule has 1 fully saturated rings. The van der Waals surface area contributed by atoms with Crippen molar-refractivity contribution in [2.75, 3.05) is 18.8 Å². The van der Waals surface area contributed by atoms with Crippen molar-refractivity contribution in [1.29, 1.82) is 0 Å². The molecule has 1 aromatic carbocycles. The summed E-state index contributed by atoms with van der Waals surface area (Å²) in [7, 11) is 0. The minimum Gasteiger partial charge on any atom is -0.342 e. The van der Waals surface area contributed by atoms with Gasteiger partial charge in [-0.1, -0.05) is 36.9 Å². The third-order valence-electron chi connectivity index (χ3n) is 3.78. The van der Waals surface area contributed by atoms with Gasteiger partial charge in [-0.2, -0.15) is 4.68 Å². The largest absolute Gasteiger partial charge is 0.342 e.